The Morgan fingerprint density at radius 1 is 1.36 bits per heavy atom. The van der Waals surface area contributed by atoms with Gasteiger partial charge in [0.2, 0.25) is 0 Å². The minimum atomic E-state index is -2.67. The molecule has 0 aliphatic heterocycles. The molecule has 0 aliphatic rings. The van der Waals surface area contributed by atoms with Crippen molar-refractivity contribution in [2.24, 2.45) is 0 Å². The summed E-state index contributed by atoms with van der Waals surface area (Å²) in [7, 11) is 2.70. The molecular weight excluding hydrogens is 485 g/mol. The second-order valence-corrected chi connectivity index (χ2v) is 7.84. The molecule has 0 aliphatic carbocycles. The molecule has 0 aromatic carbocycles. The number of carbonyl (C=O) groups excluding carboxylic acids is 3. The Balaban J connectivity index is 2.22. The van der Waals surface area contributed by atoms with E-state index in [4.69, 9.17) is 16.0 Å². The molecule has 2 aromatic rings. The molecule has 2 N–H and O–H groups in total. The summed E-state index contributed by atoms with van der Waals surface area (Å²) in [6, 6.07) is 1.36. The topological polar surface area (TPSA) is 105 Å². The molecule has 8 nitrogen and oxygen atoms in total. The van der Waals surface area contributed by atoms with Crippen LogP contribution in [0, 0.1) is 11.8 Å². The second kappa shape index (κ2) is 11.9. The number of carbonyl (C=O) groups is 3. The molecule has 2 rings (SSSR count). The predicted octanol–water partition coefficient (Wildman–Crippen LogP) is 2.97. The quantitative estimate of drug-likeness (QED) is 0.250. The minimum absolute atomic E-state index is 0.0813. The Hall–Kier alpha value is -3.56. The molecule has 0 saturated carbocycles. The normalized spacial score (nSPS) is 11.6. The lowest BCUT2D eigenvalue weighted by molar-refractivity contribution is -0.106. The molecule has 2 heterocycles. The molecule has 0 spiro atoms. The summed E-state index contributed by atoms with van der Waals surface area (Å²) < 4.78 is 43.6. The van der Waals surface area contributed by atoms with Crippen molar-refractivity contribution in [3.63, 3.8) is 0 Å². The average molecular weight is 501 g/mol. The summed E-state index contributed by atoms with van der Waals surface area (Å²) in [5, 5.41) is 4.68. The highest BCUT2D eigenvalue weighted by Crippen LogP contribution is 2.27. The number of alkyl halides is 2. The largest absolute Gasteiger partial charge is 0.440 e. The first-order valence-electron chi connectivity index (χ1n) is 8.95. The summed E-state index contributed by atoms with van der Waals surface area (Å²) >= 11 is 6.99. The van der Waals surface area contributed by atoms with Gasteiger partial charge in [0.25, 0.3) is 18.2 Å². The molecule has 174 valence electrons. The maximum atomic E-state index is 13.4. The molecule has 0 radical (unpaired) electrons. The standard InChI is InChI=1S/C20H16ClF3N4O4S/c1-25-19(31)20-27-13(10-32-20)4-3-11-5-15(33-17(11)21)18(30)26-14(6-12(22)9-29)7-28(2)8-16(23)24/h5-7,9-10,16H,8H2,1-2H3,(H,25,31)(H,26,30)/b12-6+,14-7+. The van der Waals surface area contributed by atoms with Crippen LogP contribution in [0.5, 0.6) is 0 Å². The Morgan fingerprint density at radius 2 is 2.09 bits per heavy atom. The monoisotopic (exact) mass is 500 g/mol. The highest BCUT2D eigenvalue weighted by molar-refractivity contribution is 7.18. The fraction of sp³-hybridized carbons (Fsp3) is 0.200. The fourth-order valence-electron chi connectivity index (χ4n) is 2.23. The maximum Gasteiger partial charge on any atom is 0.306 e. The van der Waals surface area contributed by atoms with E-state index in [1.54, 1.807) is 0 Å². The fourth-order valence-corrected chi connectivity index (χ4v) is 3.31. The SMILES string of the molecule is CNC(=O)c1nc(C#Cc2cc(C(=O)NC(/C=C(/F)C=O)=C/N(C)CC(F)F)sc2Cl)co1. The van der Waals surface area contributed by atoms with Gasteiger partial charge in [0.1, 0.15) is 10.6 Å². The van der Waals surface area contributed by atoms with Gasteiger partial charge in [-0.25, -0.2) is 13.2 Å². The van der Waals surface area contributed by atoms with E-state index in [1.807, 2.05) is 0 Å². The van der Waals surface area contributed by atoms with Gasteiger partial charge in [0.05, 0.1) is 22.7 Å². The zero-order chi connectivity index (χ0) is 24.5. The number of rotatable bonds is 8. The molecule has 2 amide bonds. The van der Waals surface area contributed by atoms with Crippen LogP contribution in [0.3, 0.4) is 0 Å². The first kappa shape index (κ1) is 25.7. The van der Waals surface area contributed by atoms with Crippen molar-refractivity contribution in [3.05, 3.63) is 62.5 Å². The summed E-state index contributed by atoms with van der Waals surface area (Å²) in [6.45, 7) is -0.676. The summed E-state index contributed by atoms with van der Waals surface area (Å²) in [5.41, 5.74) is 0.198. The van der Waals surface area contributed by atoms with E-state index in [1.165, 1.54) is 26.4 Å². The van der Waals surface area contributed by atoms with Crippen LogP contribution in [0.25, 0.3) is 0 Å². The lowest BCUT2D eigenvalue weighted by Gasteiger charge is -2.15. The molecule has 33 heavy (non-hydrogen) atoms. The van der Waals surface area contributed by atoms with E-state index < -0.39 is 30.6 Å². The number of thiophene rings is 1. The molecule has 0 unspecified atom stereocenters. The van der Waals surface area contributed by atoms with E-state index in [9.17, 15) is 27.6 Å². The van der Waals surface area contributed by atoms with Crippen LogP contribution in [-0.4, -0.2) is 55.0 Å². The van der Waals surface area contributed by atoms with Crippen LogP contribution >= 0.6 is 22.9 Å². The Kier molecular flexibility index (Phi) is 9.26. The lowest BCUT2D eigenvalue weighted by atomic mass is 10.3. The van der Waals surface area contributed by atoms with Crippen LogP contribution in [0.4, 0.5) is 13.2 Å². The van der Waals surface area contributed by atoms with Gasteiger partial charge in [0.15, 0.2) is 17.8 Å². The molecular formula is C20H16ClF3N4O4S. The number of halogens is 4. The first-order chi connectivity index (χ1) is 15.6. The number of hydrogen-bond acceptors (Lipinski definition) is 7. The van der Waals surface area contributed by atoms with Crippen molar-refractivity contribution in [3.8, 4) is 11.8 Å². The number of amides is 2. The summed E-state index contributed by atoms with van der Waals surface area (Å²) in [4.78, 5) is 39.6. The smallest absolute Gasteiger partial charge is 0.306 e. The third kappa shape index (κ3) is 7.81. The molecule has 0 atom stereocenters. The number of oxazole rings is 1. The molecule has 0 saturated heterocycles. The van der Waals surface area contributed by atoms with E-state index in [0.29, 0.717) is 6.08 Å². The van der Waals surface area contributed by atoms with E-state index >= 15 is 0 Å². The highest BCUT2D eigenvalue weighted by atomic mass is 35.5. The number of nitrogens with zero attached hydrogens (tertiary/aromatic N) is 2. The van der Waals surface area contributed by atoms with Crippen molar-refractivity contribution in [1.29, 1.82) is 0 Å². The molecule has 0 fully saturated rings. The van der Waals surface area contributed by atoms with Gasteiger partial charge in [-0.2, -0.15) is 4.98 Å². The molecule has 0 bridgehead atoms. The van der Waals surface area contributed by atoms with Gasteiger partial charge in [-0.1, -0.05) is 17.5 Å². The van der Waals surface area contributed by atoms with Gasteiger partial charge in [-0.15, -0.1) is 11.3 Å². The van der Waals surface area contributed by atoms with E-state index in [2.05, 4.69) is 27.5 Å². The number of allylic oxidation sites excluding steroid dienone is 2. The third-order valence-corrected chi connectivity index (χ3v) is 4.97. The van der Waals surface area contributed by atoms with Gasteiger partial charge < -0.3 is 20.0 Å². The zero-order valence-electron chi connectivity index (χ0n) is 17.1. The van der Waals surface area contributed by atoms with Crippen molar-refractivity contribution in [2.45, 2.75) is 6.43 Å². The number of nitrogens with one attached hydrogen (secondary N) is 2. The van der Waals surface area contributed by atoms with Crippen LogP contribution in [0.2, 0.25) is 4.34 Å². The van der Waals surface area contributed by atoms with Crippen molar-refractivity contribution >= 4 is 41.0 Å². The van der Waals surface area contributed by atoms with E-state index in [-0.39, 0.29) is 38.3 Å². The van der Waals surface area contributed by atoms with Crippen LogP contribution < -0.4 is 10.6 Å². The zero-order valence-corrected chi connectivity index (χ0v) is 18.7. The number of aromatic nitrogens is 1. The second-order valence-electron chi connectivity index (χ2n) is 6.18. The Labute approximate surface area is 195 Å². The van der Waals surface area contributed by atoms with Crippen LogP contribution in [-0.2, 0) is 4.79 Å². The number of aldehydes is 1. The Bertz CT molecular complexity index is 1160. The van der Waals surface area contributed by atoms with Gasteiger partial charge in [-0.3, -0.25) is 14.4 Å². The van der Waals surface area contributed by atoms with Gasteiger partial charge >= 0.3 is 5.91 Å². The average Bonchev–Trinajstić information content (AvgIpc) is 3.37. The summed E-state index contributed by atoms with van der Waals surface area (Å²) in [5.74, 6) is 2.68. The number of hydrogen-bond donors (Lipinski definition) is 2. The highest BCUT2D eigenvalue weighted by Gasteiger charge is 2.15. The van der Waals surface area contributed by atoms with Crippen molar-refractivity contribution < 1.29 is 32.0 Å². The van der Waals surface area contributed by atoms with Crippen molar-refractivity contribution in [1.82, 2.24) is 20.5 Å². The third-order valence-electron chi connectivity index (χ3n) is 3.61. The first-order valence-corrected chi connectivity index (χ1v) is 10.1. The van der Waals surface area contributed by atoms with Crippen LogP contribution in [0.15, 0.2) is 40.5 Å². The minimum Gasteiger partial charge on any atom is -0.440 e. The van der Waals surface area contributed by atoms with Crippen molar-refractivity contribution in [2.75, 3.05) is 20.6 Å². The summed E-state index contributed by atoms with van der Waals surface area (Å²) in [6.07, 6.45) is 0.154. The van der Waals surface area contributed by atoms with Gasteiger partial charge in [-0.05, 0) is 12.0 Å². The van der Waals surface area contributed by atoms with Gasteiger partial charge in [0, 0.05) is 26.4 Å². The van der Waals surface area contributed by atoms with E-state index in [0.717, 1.165) is 22.4 Å². The maximum absolute atomic E-state index is 13.4. The Morgan fingerprint density at radius 3 is 2.73 bits per heavy atom. The predicted molar refractivity (Wildman–Crippen MR) is 115 cm³/mol. The molecule has 13 heteroatoms. The lowest BCUT2D eigenvalue weighted by Crippen LogP contribution is -2.25. The molecule has 2 aromatic heterocycles. The van der Waals surface area contributed by atoms with Crippen LogP contribution in [0.1, 0.15) is 31.6 Å².